The van der Waals surface area contributed by atoms with Crippen LogP contribution in [0.5, 0.6) is 0 Å². The molecule has 0 atom stereocenters. The average molecular weight is 204 g/mol. The maximum absolute atomic E-state index is 12.0. The second-order valence-electron chi connectivity index (χ2n) is 2.44. The number of alkyl halides is 3. The molecule has 4 N–H and O–H groups in total. The molecule has 7 heteroatoms. The lowest BCUT2D eigenvalue weighted by molar-refractivity contribution is -0.141. The first-order chi connectivity index (χ1) is 6.39. The number of guanidine groups is 1. The van der Waals surface area contributed by atoms with Crippen molar-refractivity contribution in [3.05, 3.63) is 24.0 Å². The van der Waals surface area contributed by atoms with Gasteiger partial charge in [0.25, 0.3) is 0 Å². The lowest BCUT2D eigenvalue weighted by atomic mass is 10.3. The summed E-state index contributed by atoms with van der Waals surface area (Å²) in [4.78, 5) is 6.68. The minimum absolute atomic E-state index is 0.179. The van der Waals surface area contributed by atoms with Gasteiger partial charge in [0.2, 0.25) is 0 Å². The lowest BCUT2D eigenvalue weighted by Gasteiger charge is -2.04. The molecule has 0 aliphatic heterocycles. The molecule has 0 aliphatic rings. The van der Waals surface area contributed by atoms with E-state index < -0.39 is 11.9 Å². The van der Waals surface area contributed by atoms with E-state index in [-0.39, 0.29) is 11.6 Å². The van der Waals surface area contributed by atoms with Crippen molar-refractivity contribution in [2.75, 3.05) is 0 Å². The Kier molecular flexibility index (Phi) is 2.59. The van der Waals surface area contributed by atoms with Crippen LogP contribution in [0.1, 0.15) is 5.69 Å². The largest absolute Gasteiger partial charge is 0.433 e. The van der Waals surface area contributed by atoms with Gasteiger partial charge in [-0.25, -0.2) is 9.98 Å². The zero-order valence-corrected chi connectivity index (χ0v) is 6.92. The smallest absolute Gasteiger partial charge is 0.370 e. The molecule has 0 fully saturated rings. The molecular formula is C7H7F3N4. The fourth-order valence-corrected chi connectivity index (χ4v) is 0.769. The summed E-state index contributed by atoms with van der Waals surface area (Å²) in [5.41, 5.74) is 9.25. The molecule has 0 saturated carbocycles. The minimum atomic E-state index is -4.45. The van der Waals surface area contributed by atoms with Crippen LogP contribution in [0.2, 0.25) is 0 Å². The Morgan fingerprint density at radius 2 is 1.93 bits per heavy atom. The summed E-state index contributed by atoms with van der Waals surface area (Å²) in [7, 11) is 0. The zero-order chi connectivity index (χ0) is 10.8. The van der Waals surface area contributed by atoms with Crippen molar-refractivity contribution >= 4 is 11.6 Å². The van der Waals surface area contributed by atoms with Gasteiger partial charge in [-0.1, -0.05) is 0 Å². The number of nitrogens with two attached hydrogens (primary N) is 2. The Hall–Kier alpha value is -1.79. The van der Waals surface area contributed by atoms with E-state index in [9.17, 15) is 13.2 Å². The summed E-state index contributed by atoms with van der Waals surface area (Å²) >= 11 is 0. The fourth-order valence-electron chi connectivity index (χ4n) is 0.769. The van der Waals surface area contributed by atoms with Crippen LogP contribution in [0, 0.1) is 0 Å². The molecule has 1 rings (SSSR count). The number of halogens is 3. The molecular weight excluding hydrogens is 197 g/mol. The highest BCUT2D eigenvalue weighted by Crippen LogP contribution is 2.28. The second-order valence-corrected chi connectivity index (χ2v) is 2.44. The lowest BCUT2D eigenvalue weighted by Crippen LogP contribution is -2.21. The summed E-state index contributed by atoms with van der Waals surface area (Å²) < 4.78 is 36.1. The monoisotopic (exact) mass is 204 g/mol. The van der Waals surface area contributed by atoms with Crippen LogP contribution in [0.3, 0.4) is 0 Å². The molecule has 1 aromatic heterocycles. The van der Waals surface area contributed by atoms with Gasteiger partial charge in [0.1, 0.15) is 5.69 Å². The molecule has 0 spiro atoms. The third-order valence-electron chi connectivity index (χ3n) is 1.30. The van der Waals surface area contributed by atoms with E-state index >= 15 is 0 Å². The van der Waals surface area contributed by atoms with E-state index in [1.807, 2.05) is 0 Å². The summed E-state index contributed by atoms with van der Waals surface area (Å²) in [6.07, 6.45) is -3.50. The number of hydrogen-bond donors (Lipinski definition) is 2. The number of rotatable bonds is 1. The predicted octanol–water partition coefficient (Wildman–Crippen LogP) is 1.01. The van der Waals surface area contributed by atoms with Gasteiger partial charge in [0.05, 0.1) is 11.9 Å². The van der Waals surface area contributed by atoms with Crippen molar-refractivity contribution in [3.8, 4) is 0 Å². The summed E-state index contributed by atoms with van der Waals surface area (Å²) in [6.45, 7) is 0. The summed E-state index contributed by atoms with van der Waals surface area (Å²) in [5, 5.41) is 0. The standard InChI is InChI=1S/C7H7F3N4/c8-7(9,10)5-2-1-4(3-13-5)14-6(11)12/h1-3H,(H4,11,12,14). The maximum atomic E-state index is 12.0. The molecule has 0 bridgehead atoms. The SMILES string of the molecule is NC(N)=Nc1ccc(C(F)(F)F)nc1. The first-order valence-electron chi connectivity index (χ1n) is 3.52. The quantitative estimate of drug-likeness (QED) is 0.529. The maximum Gasteiger partial charge on any atom is 0.433 e. The van der Waals surface area contributed by atoms with E-state index in [1.54, 1.807) is 0 Å². The average Bonchev–Trinajstić information content (AvgIpc) is 2.02. The Balaban J connectivity index is 2.95. The van der Waals surface area contributed by atoms with E-state index in [1.165, 1.54) is 0 Å². The Morgan fingerprint density at radius 1 is 1.29 bits per heavy atom. The van der Waals surface area contributed by atoms with Crippen LogP contribution in [-0.2, 0) is 6.18 Å². The number of pyridine rings is 1. The van der Waals surface area contributed by atoms with Crippen LogP contribution in [0.15, 0.2) is 23.3 Å². The predicted molar refractivity (Wildman–Crippen MR) is 44.7 cm³/mol. The number of aromatic nitrogens is 1. The normalized spacial score (nSPS) is 11.1. The van der Waals surface area contributed by atoms with Gasteiger partial charge >= 0.3 is 6.18 Å². The highest BCUT2D eigenvalue weighted by atomic mass is 19.4. The Bertz CT molecular complexity index is 337. The number of aliphatic imine (C=N–C) groups is 1. The van der Waals surface area contributed by atoms with Crippen molar-refractivity contribution in [1.29, 1.82) is 0 Å². The van der Waals surface area contributed by atoms with Crippen LogP contribution >= 0.6 is 0 Å². The third-order valence-corrected chi connectivity index (χ3v) is 1.30. The van der Waals surface area contributed by atoms with Crippen LogP contribution < -0.4 is 11.5 Å². The van der Waals surface area contributed by atoms with Gasteiger partial charge in [-0.3, -0.25) is 0 Å². The molecule has 0 amide bonds. The van der Waals surface area contributed by atoms with Crippen molar-refractivity contribution < 1.29 is 13.2 Å². The number of nitrogens with zero attached hydrogens (tertiary/aromatic N) is 2. The van der Waals surface area contributed by atoms with E-state index in [2.05, 4.69) is 9.98 Å². The molecule has 0 radical (unpaired) electrons. The Labute approximate surface area is 77.5 Å². The zero-order valence-electron chi connectivity index (χ0n) is 6.92. The summed E-state index contributed by atoms with van der Waals surface area (Å²) in [6, 6.07) is 1.94. The van der Waals surface area contributed by atoms with Gasteiger partial charge in [0, 0.05) is 0 Å². The molecule has 1 aromatic rings. The molecule has 76 valence electrons. The van der Waals surface area contributed by atoms with Crippen LogP contribution in [-0.4, -0.2) is 10.9 Å². The van der Waals surface area contributed by atoms with Crippen LogP contribution in [0.4, 0.5) is 18.9 Å². The van der Waals surface area contributed by atoms with E-state index in [0.29, 0.717) is 0 Å². The van der Waals surface area contributed by atoms with Crippen LogP contribution in [0.25, 0.3) is 0 Å². The van der Waals surface area contributed by atoms with Gasteiger partial charge in [0.15, 0.2) is 5.96 Å². The third kappa shape index (κ3) is 2.61. The topological polar surface area (TPSA) is 77.3 Å². The van der Waals surface area contributed by atoms with Gasteiger partial charge in [-0.15, -0.1) is 0 Å². The second kappa shape index (κ2) is 3.52. The molecule has 14 heavy (non-hydrogen) atoms. The van der Waals surface area contributed by atoms with E-state index in [4.69, 9.17) is 11.5 Å². The van der Waals surface area contributed by atoms with Crippen molar-refractivity contribution in [3.63, 3.8) is 0 Å². The van der Waals surface area contributed by atoms with Crippen molar-refractivity contribution in [1.82, 2.24) is 4.98 Å². The highest BCUT2D eigenvalue weighted by Gasteiger charge is 2.31. The summed E-state index contributed by atoms with van der Waals surface area (Å²) in [5.74, 6) is -0.230. The van der Waals surface area contributed by atoms with Gasteiger partial charge in [-0.05, 0) is 12.1 Å². The van der Waals surface area contributed by atoms with Gasteiger partial charge < -0.3 is 11.5 Å². The molecule has 0 aliphatic carbocycles. The molecule has 1 heterocycles. The molecule has 4 nitrogen and oxygen atoms in total. The molecule has 0 unspecified atom stereocenters. The first-order valence-corrected chi connectivity index (χ1v) is 3.52. The van der Waals surface area contributed by atoms with Crippen molar-refractivity contribution in [2.24, 2.45) is 16.5 Å². The number of hydrogen-bond acceptors (Lipinski definition) is 2. The first kappa shape index (κ1) is 10.3. The van der Waals surface area contributed by atoms with Crippen molar-refractivity contribution in [2.45, 2.75) is 6.18 Å². The van der Waals surface area contributed by atoms with Gasteiger partial charge in [-0.2, -0.15) is 13.2 Å². The molecule has 0 saturated heterocycles. The molecule has 0 aromatic carbocycles. The Morgan fingerprint density at radius 3 is 2.29 bits per heavy atom. The fraction of sp³-hybridized carbons (Fsp3) is 0.143. The van der Waals surface area contributed by atoms with E-state index in [0.717, 1.165) is 18.3 Å². The highest BCUT2D eigenvalue weighted by molar-refractivity contribution is 5.78. The minimum Gasteiger partial charge on any atom is -0.370 e.